The van der Waals surface area contributed by atoms with Gasteiger partial charge in [-0.15, -0.1) is 0 Å². The first-order chi connectivity index (χ1) is 12.7. The fourth-order valence-electron chi connectivity index (χ4n) is 2.80. The molecule has 0 heterocycles. The van der Waals surface area contributed by atoms with Crippen molar-refractivity contribution < 1.29 is 9.72 Å². The number of benzene rings is 2. The molecule has 0 spiro atoms. The van der Waals surface area contributed by atoms with E-state index in [0.29, 0.717) is 16.8 Å². The average molecular weight is 363 g/mol. The van der Waals surface area contributed by atoms with E-state index in [4.69, 9.17) is 0 Å². The number of hydrogen-bond acceptors (Lipinski definition) is 4. The number of nitro benzene ring substituents is 1. The largest absolute Gasteiger partial charge is 0.321 e. The minimum absolute atomic E-state index is 0.00815. The minimum Gasteiger partial charge on any atom is -0.321 e. The number of nitrogens with zero attached hydrogens (tertiary/aromatic N) is 2. The van der Waals surface area contributed by atoms with Crippen molar-refractivity contribution in [2.45, 2.75) is 33.6 Å². The highest BCUT2D eigenvalue weighted by Crippen LogP contribution is 2.28. The third-order valence-electron chi connectivity index (χ3n) is 4.27. The van der Waals surface area contributed by atoms with Gasteiger partial charge >= 0.3 is 0 Å². The molecule has 0 aliphatic carbocycles. The number of para-hydroxylation sites is 1. The number of hydrogen-bond donors (Lipinski definition) is 1. The van der Waals surface area contributed by atoms with Crippen LogP contribution in [0.3, 0.4) is 0 Å². The number of rotatable bonds is 5. The maximum atomic E-state index is 12.5. The van der Waals surface area contributed by atoms with Crippen LogP contribution in [0.5, 0.6) is 0 Å². The fraction of sp³-hybridized carbons (Fsp3) is 0.238. The minimum atomic E-state index is -0.550. The molecule has 0 saturated heterocycles. The van der Waals surface area contributed by atoms with Gasteiger partial charge in [-0.25, -0.2) is 0 Å². The number of nitro groups is 1. The lowest BCUT2D eigenvalue weighted by molar-refractivity contribution is -0.385. The van der Waals surface area contributed by atoms with Crippen LogP contribution >= 0.6 is 0 Å². The lowest BCUT2D eigenvalue weighted by Gasteiger charge is -2.11. The van der Waals surface area contributed by atoms with Crippen molar-refractivity contribution in [3.63, 3.8) is 0 Å². The van der Waals surface area contributed by atoms with E-state index < -0.39 is 10.8 Å². The Morgan fingerprint density at radius 1 is 1.22 bits per heavy atom. The molecule has 6 heteroatoms. The highest BCUT2D eigenvalue weighted by Gasteiger charge is 2.18. The first-order valence-electron chi connectivity index (χ1n) is 8.52. The zero-order valence-electron chi connectivity index (χ0n) is 15.7. The van der Waals surface area contributed by atoms with E-state index in [1.165, 1.54) is 12.1 Å². The topological polar surface area (TPSA) is 96.0 Å². The maximum absolute atomic E-state index is 12.5. The number of aryl methyl sites for hydroxylation is 2. The predicted octanol–water partition coefficient (Wildman–Crippen LogP) is 4.88. The molecule has 0 unspecified atom stereocenters. The molecule has 138 valence electrons. The van der Waals surface area contributed by atoms with Crippen LogP contribution in [-0.4, -0.2) is 10.8 Å². The second kappa shape index (κ2) is 8.28. The summed E-state index contributed by atoms with van der Waals surface area (Å²) in [5.41, 5.74) is 3.32. The molecule has 0 fully saturated rings. The molecule has 0 radical (unpaired) electrons. The van der Waals surface area contributed by atoms with Gasteiger partial charge in [-0.1, -0.05) is 44.2 Å². The Morgan fingerprint density at radius 2 is 1.85 bits per heavy atom. The van der Waals surface area contributed by atoms with Gasteiger partial charge in [0.05, 0.1) is 4.92 Å². The van der Waals surface area contributed by atoms with Gasteiger partial charge in [-0.3, -0.25) is 14.9 Å². The molecule has 0 aromatic heterocycles. The summed E-state index contributed by atoms with van der Waals surface area (Å²) < 4.78 is 0. The molecule has 2 aromatic carbocycles. The lowest BCUT2D eigenvalue weighted by atomic mass is 9.98. The van der Waals surface area contributed by atoms with Crippen LogP contribution < -0.4 is 5.32 Å². The molecule has 2 aromatic rings. The van der Waals surface area contributed by atoms with Gasteiger partial charge in [0, 0.05) is 17.3 Å². The quantitative estimate of drug-likeness (QED) is 0.354. The third-order valence-corrected chi connectivity index (χ3v) is 4.27. The van der Waals surface area contributed by atoms with Gasteiger partial charge < -0.3 is 5.32 Å². The summed E-state index contributed by atoms with van der Waals surface area (Å²) in [5.74, 6) is -0.559. The number of amides is 1. The van der Waals surface area contributed by atoms with Crippen LogP contribution in [0.4, 0.5) is 11.4 Å². The Bertz CT molecular complexity index is 949. The van der Waals surface area contributed by atoms with Crippen LogP contribution in [0.2, 0.25) is 0 Å². The predicted molar refractivity (Wildman–Crippen MR) is 105 cm³/mol. The number of carbonyl (C=O) groups is 1. The van der Waals surface area contributed by atoms with Crippen LogP contribution in [-0.2, 0) is 4.79 Å². The van der Waals surface area contributed by atoms with E-state index in [1.54, 1.807) is 12.1 Å². The summed E-state index contributed by atoms with van der Waals surface area (Å²) in [7, 11) is 0. The van der Waals surface area contributed by atoms with Crippen LogP contribution in [0.1, 0.15) is 42.0 Å². The van der Waals surface area contributed by atoms with E-state index in [0.717, 1.165) is 11.1 Å². The molecular formula is C21H21N3O3. The summed E-state index contributed by atoms with van der Waals surface area (Å²) in [6.07, 6.45) is 1.36. The Balaban J connectivity index is 2.38. The zero-order valence-corrected chi connectivity index (χ0v) is 15.7. The standard InChI is InChI=1S/C21H21N3O3/c1-13(2)18-9-8-16(11-19(18)24(26)27)10-17(12-22)21(25)23-20-14(3)6-5-7-15(20)4/h5-11,13H,1-4H3,(H,23,25)/b17-10+. The van der Waals surface area contributed by atoms with E-state index >= 15 is 0 Å². The molecule has 0 atom stereocenters. The van der Waals surface area contributed by atoms with Crippen molar-refractivity contribution in [2.24, 2.45) is 0 Å². The highest BCUT2D eigenvalue weighted by molar-refractivity contribution is 6.10. The Labute approximate surface area is 158 Å². The molecule has 1 amide bonds. The number of carbonyl (C=O) groups excluding carboxylic acids is 1. The van der Waals surface area contributed by atoms with Gasteiger partial charge in [-0.05, 0) is 42.5 Å². The molecule has 0 bridgehead atoms. The van der Waals surface area contributed by atoms with Crippen LogP contribution in [0.15, 0.2) is 42.0 Å². The van der Waals surface area contributed by atoms with Crippen molar-refractivity contribution >= 4 is 23.4 Å². The van der Waals surface area contributed by atoms with Gasteiger partial charge in [-0.2, -0.15) is 5.26 Å². The first kappa shape index (κ1) is 19.9. The SMILES string of the molecule is Cc1cccc(C)c1NC(=O)/C(C#N)=C/c1ccc(C(C)C)c([N+](=O)[O-])c1. The van der Waals surface area contributed by atoms with Crippen molar-refractivity contribution in [1.29, 1.82) is 5.26 Å². The summed E-state index contributed by atoms with van der Waals surface area (Å²) in [5, 5.41) is 23.5. The van der Waals surface area contributed by atoms with Crippen molar-refractivity contribution in [3.8, 4) is 6.07 Å². The first-order valence-corrected chi connectivity index (χ1v) is 8.52. The van der Waals surface area contributed by atoms with E-state index in [9.17, 15) is 20.2 Å². The van der Waals surface area contributed by atoms with Gasteiger partial charge in [0.2, 0.25) is 0 Å². The second-order valence-electron chi connectivity index (χ2n) is 6.62. The monoisotopic (exact) mass is 363 g/mol. The molecule has 27 heavy (non-hydrogen) atoms. The maximum Gasteiger partial charge on any atom is 0.273 e. The van der Waals surface area contributed by atoms with Gasteiger partial charge in [0.15, 0.2) is 0 Å². The van der Waals surface area contributed by atoms with Crippen molar-refractivity contribution in [2.75, 3.05) is 5.32 Å². The van der Waals surface area contributed by atoms with Crippen LogP contribution in [0, 0.1) is 35.3 Å². The Hall–Kier alpha value is -3.46. The molecular weight excluding hydrogens is 342 g/mol. The third kappa shape index (κ3) is 4.59. The van der Waals surface area contributed by atoms with E-state index in [-0.39, 0.29) is 17.2 Å². The Kier molecular flexibility index (Phi) is 6.09. The number of nitrogens with one attached hydrogen (secondary N) is 1. The normalized spacial score (nSPS) is 11.2. The molecule has 6 nitrogen and oxygen atoms in total. The smallest absolute Gasteiger partial charge is 0.273 e. The lowest BCUT2D eigenvalue weighted by Crippen LogP contribution is -2.15. The molecule has 2 rings (SSSR count). The average Bonchev–Trinajstić information content (AvgIpc) is 2.62. The summed E-state index contributed by atoms with van der Waals surface area (Å²) in [6, 6.07) is 12.2. The summed E-state index contributed by atoms with van der Waals surface area (Å²) in [6.45, 7) is 7.48. The highest BCUT2D eigenvalue weighted by atomic mass is 16.6. The molecule has 1 N–H and O–H groups in total. The number of anilines is 1. The Morgan fingerprint density at radius 3 is 2.37 bits per heavy atom. The fourth-order valence-corrected chi connectivity index (χ4v) is 2.80. The van der Waals surface area contributed by atoms with Gasteiger partial charge in [0.25, 0.3) is 11.6 Å². The molecule has 0 aliphatic rings. The second-order valence-corrected chi connectivity index (χ2v) is 6.62. The number of nitriles is 1. The van der Waals surface area contributed by atoms with Crippen LogP contribution in [0.25, 0.3) is 6.08 Å². The van der Waals surface area contributed by atoms with Crippen molar-refractivity contribution in [1.82, 2.24) is 0 Å². The molecule has 0 aliphatic heterocycles. The summed E-state index contributed by atoms with van der Waals surface area (Å²) in [4.78, 5) is 23.4. The molecule has 0 saturated carbocycles. The summed E-state index contributed by atoms with van der Waals surface area (Å²) >= 11 is 0. The van der Waals surface area contributed by atoms with E-state index in [2.05, 4.69) is 5.32 Å². The zero-order chi connectivity index (χ0) is 20.1. The van der Waals surface area contributed by atoms with Gasteiger partial charge in [0.1, 0.15) is 11.6 Å². The van der Waals surface area contributed by atoms with E-state index in [1.807, 2.05) is 52.0 Å². The van der Waals surface area contributed by atoms with Crippen molar-refractivity contribution in [3.05, 3.63) is 74.3 Å².